The van der Waals surface area contributed by atoms with Gasteiger partial charge >= 0.3 is 5.97 Å². The Morgan fingerprint density at radius 3 is 2.06 bits per heavy atom. The molecule has 84 valence electrons. The number of carbonyl (C=O) groups excluding carboxylic acids is 2. The van der Waals surface area contributed by atoms with Gasteiger partial charge in [-0.2, -0.15) is 0 Å². The van der Waals surface area contributed by atoms with Gasteiger partial charge in [0.05, 0.1) is 12.1 Å². The molecule has 0 bridgehead atoms. The van der Waals surface area contributed by atoms with Gasteiger partial charge < -0.3 is 10.4 Å². The molecule has 0 aliphatic rings. The molecule has 1 amide bonds. The van der Waals surface area contributed by atoms with E-state index in [-0.39, 0.29) is 17.9 Å². The number of nitrogens with one attached hydrogen (secondary N) is 1. The van der Waals surface area contributed by atoms with Crippen molar-refractivity contribution in [2.24, 2.45) is 0 Å². The number of carboxylic acid groups (broad SMARTS) is 1. The van der Waals surface area contributed by atoms with Gasteiger partial charge in [0.15, 0.2) is 0 Å². The van der Waals surface area contributed by atoms with Crippen molar-refractivity contribution >= 4 is 17.7 Å². The number of hydrogen-bond donors (Lipinski definition) is 2. The van der Waals surface area contributed by atoms with Crippen molar-refractivity contribution in [3.63, 3.8) is 0 Å². The SMILES string of the molecule is CC(=O)CNC(=O)c1ccc(C(=O)O)cc1. The van der Waals surface area contributed by atoms with Crippen molar-refractivity contribution in [2.75, 3.05) is 6.54 Å². The second-order valence-corrected chi connectivity index (χ2v) is 3.27. The lowest BCUT2D eigenvalue weighted by Gasteiger charge is -2.02. The van der Waals surface area contributed by atoms with Gasteiger partial charge in [-0.05, 0) is 31.2 Å². The third kappa shape index (κ3) is 3.20. The smallest absolute Gasteiger partial charge is 0.335 e. The van der Waals surface area contributed by atoms with Gasteiger partial charge in [0.2, 0.25) is 0 Å². The summed E-state index contributed by atoms with van der Waals surface area (Å²) < 4.78 is 0. The van der Waals surface area contributed by atoms with Crippen molar-refractivity contribution in [1.82, 2.24) is 5.32 Å². The first-order valence-corrected chi connectivity index (χ1v) is 4.61. The Morgan fingerprint density at radius 1 is 1.12 bits per heavy atom. The van der Waals surface area contributed by atoms with Crippen LogP contribution in [-0.2, 0) is 4.79 Å². The van der Waals surface area contributed by atoms with Crippen LogP contribution in [-0.4, -0.2) is 29.3 Å². The van der Waals surface area contributed by atoms with Crippen LogP contribution in [0.2, 0.25) is 0 Å². The topological polar surface area (TPSA) is 83.5 Å². The van der Waals surface area contributed by atoms with E-state index in [1.807, 2.05) is 0 Å². The van der Waals surface area contributed by atoms with Crippen molar-refractivity contribution in [2.45, 2.75) is 6.92 Å². The standard InChI is InChI=1S/C11H11NO4/c1-7(13)6-12-10(14)8-2-4-9(5-3-8)11(15)16/h2-5H,6H2,1H3,(H,12,14)(H,15,16). The largest absolute Gasteiger partial charge is 0.478 e. The second kappa shape index (κ2) is 5.06. The van der Waals surface area contributed by atoms with Crippen molar-refractivity contribution in [1.29, 1.82) is 0 Å². The number of benzene rings is 1. The molecule has 0 aliphatic heterocycles. The normalized spacial score (nSPS) is 9.56. The number of hydrogen-bond acceptors (Lipinski definition) is 3. The van der Waals surface area contributed by atoms with Crippen LogP contribution in [0.3, 0.4) is 0 Å². The average Bonchev–Trinajstić information content (AvgIpc) is 2.26. The molecule has 0 fully saturated rings. The molecule has 1 rings (SSSR count). The molecule has 0 spiro atoms. The lowest BCUT2D eigenvalue weighted by molar-refractivity contribution is -0.116. The fourth-order valence-electron chi connectivity index (χ4n) is 1.07. The van der Waals surface area contributed by atoms with Gasteiger partial charge in [-0.25, -0.2) is 4.79 Å². The summed E-state index contributed by atoms with van der Waals surface area (Å²) in [5.41, 5.74) is 0.439. The van der Waals surface area contributed by atoms with E-state index in [9.17, 15) is 14.4 Å². The van der Waals surface area contributed by atoms with Gasteiger partial charge in [0.1, 0.15) is 5.78 Å². The second-order valence-electron chi connectivity index (χ2n) is 3.27. The molecule has 0 unspecified atom stereocenters. The summed E-state index contributed by atoms with van der Waals surface area (Å²) in [6.45, 7) is 1.34. The first-order valence-electron chi connectivity index (χ1n) is 4.61. The highest BCUT2D eigenvalue weighted by molar-refractivity contribution is 5.97. The number of carboxylic acids is 1. The van der Waals surface area contributed by atoms with E-state index in [2.05, 4.69) is 5.32 Å². The number of Topliss-reactive ketones (excluding diaryl/α,β-unsaturated/α-hetero) is 1. The third-order valence-electron chi connectivity index (χ3n) is 1.89. The summed E-state index contributed by atoms with van der Waals surface area (Å²) >= 11 is 0. The lowest BCUT2D eigenvalue weighted by Crippen LogP contribution is -2.28. The van der Waals surface area contributed by atoms with Gasteiger partial charge in [-0.3, -0.25) is 9.59 Å². The fourth-order valence-corrected chi connectivity index (χ4v) is 1.07. The Labute approximate surface area is 92.1 Å². The highest BCUT2D eigenvalue weighted by Gasteiger charge is 2.07. The molecule has 2 N–H and O–H groups in total. The minimum Gasteiger partial charge on any atom is -0.478 e. The maximum Gasteiger partial charge on any atom is 0.335 e. The summed E-state index contributed by atoms with van der Waals surface area (Å²) in [5.74, 6) is -1.58. The maximum atomic E-state index is 11.4. The fraction of sp³-hybridized carbons (Fsp3) is 0.182. The van der Waals surface area contributed by atoms with Crippen LogP contribution in [0.15, 0.2) is 24.3 Å². The first kappa shape index (κ1) is 11.9. The molecule has 0 aromatic heterocycles. The monoisotopic (exact) mass is 221 g/mol. The highest BCUT2D eigenvalue weighted by Crippen LogP contribution is 2.04. The van der Waals surface area contributed by atoms with E-state index < -0.39 is 11.9 Å². The van der Waals surface area contributed by atoms with Crippen LogP contribution in [0.4, 0.5) is 0 Å². The average molecular weight is 221 g/mol. The predicted octanol–water partition coefficient (Wildman–Crippen LogP) is 0.704. The van der Waals surface area contributed by atoms with E-state index in [1.165, 1.54) is 31.2 Å². The Morgan fingerprint density at radius 2 is 1.62 bits per heavy atom. The lowest BCUT2D eigenvalue weighted by atomic mass is 10.1. The minimum atomic E-state index is -1.05. The van der Waals surface area contributed by atoms with E-state index in [4.69, 9.17) is 5.11 Å². The van der Waals surface area contributed by atoms with Gasteiger partial charge in [-0.1, -0.05) is 0 Å². The number of rotatable bonds is 4. The Balaban J connectivity index is 2.70. The van der Waals surface area contributed by atoms with E-state index >= 15 is 0 Å². The van der Waals surface area contributed by atoms with E-state index in [0.29, 0.717) is 5.56 Å². The number of amides is 1. The van der Waals surface area contributed by atoms with Crippen LogP contribution >= 0.6 is 0 Å². The molecule has 0 heterocycles. The van der Waals surface area contributed by atoms with E-state index in [0.717, 1.165) is 0 Å². The van der Waals surface area contributed by atoms with Crippen LogP contribution in [0.1, 0.15) is 27.6 Å². The molecule has 0 saturated carbocycles. The highest BCUT2D eigenvalue weighted by atomic mass is 16.4. The molecule has 1 aromatic rings. The molecule has 16 heavy (non-hydrogen) atoms. The third-order valence-corrected chi connectivity index (χ3v) is 1.89. The van der Waals surface area contributed by atoms with Gasteiger partial charge in [0, 0.05) is 5.56 Å². The summed E-state index contributed by atoms with van der Waals surface area (Å²) in [7, 11) is 0. The van der Waals surface area contributed by atoms with Crippen LogP contribution in [0.25, 0.3) is 0 Å². The summed E-state index contributed by atoms with van der Waals surface area (Å²) in [5, 5.41) is 11.1. The maximum absolute atomic E-state index is 11.4. The zero-order chi connectivity index (χ0) is 12.1. The number of ketones is 1. The quantitative estimate of drug-likeness (QED) is 0.784. The van der Waals surface area contributed by atoms with Gasteiger partial charge in [-0.15, -0.1) is 0 Å². The minimum absolute atomic E-state index is 0.0283. The van der Waals surface area contributed by atoms with Crippen LogP contribution in [0.5, 0.6) is 0 Å². The van der Waals surface area contributed by atoms with Crippen molar-refractivity contribution < 1.29 is 19.5 Å². The molecule has 0 radical (unpaired) electrons. The molecular weight excluding hydrogens is 210 g/mol. The molecule has 0 aliphatic carbocycles. The number of carbonyl (C=O) groups is 3. The van der Waals surface area contributed by atoms with Crippen LogP contribution < -0.4 is 5.32 Å². The molecular formula is C11H11NO4. The van der Waals surface area contributed by atoms with E-state index in [1.54, 1.807) is 0 Å². The first-order chi connectivity index (χ1) is 7.50. The predicted molar refractivity (Wildman–Crippen MR) is 56.4 cm³/mol. The summed E-state index contributed by atoms with van der Waals surface area (Å²) in [6.07, 6.45) is 0. The van der Waals surface area contributed by atoms with Gasteiger partial charge in [0.25, 0.3) is 5.91 Å². The zero-order valence-corrected chi connectivity index (χ0v) is 8.69. The molecule has 0 atom stereocenters. The molecule has 0 saturated heterocycles. The number of aromatic carboxylic acids is 1. The zero-order valence-electron chi connectivity index (χ0n) is 8.69. The van der Waals surface area contributed by atoms with Crippen molar-refractivity contribution in [3.8, 4) is 0 Å². The Hall–Kier alpha value is -2.17. The Bertz CT molecular complexity index is 422. The Kier molecular flexibility index (Phi) is 3.77. The summed E-state index contributed by atoms with van der Waals surface area (Å²) in [6, 6.07) is 5.48. The van der Waals surface area contributed by atoms with Crippen LogP contribution in [0, 0.1) is 0 Å². The molecule has 5 nitrogen and oxygen atoms in total. The van der Waals surface area contributed by atoms with Crippen molar-refractivity contribution in [3.05, 3.63) is 35.4 Å². The molecule has 5 heteroatoms. The molecule has 1 aromatic carbocycles. The summed E-state index contributed by atoms with van der Waals surface area (Å²) in [4.78, 5) is 32.6.